The molecule has 0 aliphatic carbocycles. The molecule has 0 radical (unpaired) electrons. The molecule has 1 aliphatic heterocycles. The smallest absolute Gasteiger partial charge is 0.344 e. The van der Waals surface area contributed by atoms with Crippen LogP contribution in [0.25, 0.3) is 28.0 Å². The largest absolute Gasteiger partial charge is 0.437 e. The zero-order valence-electron chi connectivity index (χ0n) is 18.1. The summed E-state index contributed by atoms with van der Waals surface area (Å²) in [6, 6.07) is 24.9. The summed E-state index contributed by atoms with van der Waals surface area (Å²) in [5, 5.41) is 5.38. The highest BCUT2D eigenvalue weighted by molar-refractivity contribution is 9.10. The van der Waals surface area contributed by atoms with E-state index in [2.05, 4.69) is 26.0 Å². The first-order valence-corrected chi connectivity index (χ1v) is 11.8. The fraction of sp³-hybridized carbons (Fsp3) is 0.0370. The highest BCUT2D eigenvalue weighted by Crippen LogP contribution is 2.48. The third-order valence-electron chi connectivity index (χ3n) is 6.21. The third-order valence-corrected chi connectivity index (χ3v) is 6.90. The first kappa shape index (κ1) is 20.1. The minimum atomic E-state index is -0.497. The van der Waals surface area contributed by atoms with Gasteiger partial charge in [0.2, 0.25) is 5.88 Å². The number of fused-ring (bicyclic) bond motifs is 6. The van der Waals surface area contributed by atoms with E-state index in [1.54, 1.807) is 16.9 Å². The molecule has 8 heteroatoms. The molecule has 35 heavy (non-hydrogen) atoms. The maximum Gasteiger partial charge on any atom is 0.344 e. The molecule has 3 aromatic carbocycles. The van der Waals surface area contributed by atoms with Gasteiger partial charge in [-0.3, -0.25) is 0 Å². The lowest BCUT2D eigenvalue weighted by Crippen LogP contribution is -2.22. The van der Waals surface area contributed by atoms with Crippen LogP contribution in [0.2, 0.25) is 0 Å². The molecule has 7 rings (SSSR count). The van der Waals surface area contributed by atoms with Crippen molar-refractivity contribution in [1.29, 1.82) is 0 Å². The van der Waals surface area contributed by atoms with Gasteiger partial charge in [-0.1, -0.05) is 70.5 Å². The van der Waals surface area contributed by atoms with Crippen LogP contribution in [-0.4, -0.2) is 19.6 Å². The van der Waals surface area contributed by atoms with Crippen LogP contribution in [0.5, 0.6) is 11.6 Å². The lowest BCUT2D eigenvalue weighted by Gasteiger charge is -2.27. The van der Waals surface area contributed by atoms with Crippen LogP contribution < -0.4 is 10.4 Å². The SMILES string of the molecule is O=c1oc2ccccc2c2c1C(c1ccccc1)c1c(ncn3nc(-c4ccccc4Br)nc13)O2. The number of aromatic nitrogens is 4. The molecule has 1 unspecified atom stereocenters. The quantitative estimate of drug-likeness (QED) is 0.261. The molecule has 0 bridgehead atoms. The molecule has 6 aromatic rings. The predicted molar refractivity (Wildman–Crippen MR) is 134 cm³/mol. The van der Waals surface area contributed by atoms with Crippen molar-refractivity contribution in [1.82, 2.24) is 19.6 Å². The van der Waals surface area contributed by atoms with Crippen LogP contribution in [0.3, 0.4) is 0 Å². The fourth-order valence-corrected chi connectivity index (χ4v) is 5.13. The number of hydrogen-bond donors (Lipinski definition) is 0. The monoisotopic (exact) mass is 522 g/mol. The molecule has 3 aromatic heterocycles. The van der Waals surface area contributed by atoms with Crippen molar-refractivity contribution in [3.8, 4) is 23.0 Å². The second-order valence-corrected chi connectivity index (χ2v) is 9.08. The van der Waals surface area contributed by atoms with Gasteiger partial charge in [0.15, 0.2) is 17.2 Å². The maximum absolute atomic E-state index is 13.4. The van der Waals surface area contributed by atoms with Crippen molar-refractivity contribution < 1.29 is 9.15 Å². The Hall–Kier alpha value is -4.30. The molecule has 0 fully saturated rings. The minimum absolute atomic E-state index is 0.390. The Bertz CT molecular complexity index is 1830. The Morgan fingerprint density at radius 1 is 0.886 bits per heavy atom. The second kappa shape index (κ2) is 7.61. The first-order chi connectivity index (χ1) is 17.2. The van der Waals surface area contributed by atoms with Gasteiger partial charge in [-0.2, -0.15) is 0 Å². The van der Waals surface area contributed by atoms with E-state index in [0.29, 0.717) is 45.2 Å². The number of rotatable bonds is 2. The fourth-order valence-electron chi connectivity index (χ4n) is 4.66. The van der Waals surface area contributed by atoms with Crippen molar-refractivity contribution in [2.75, 3.05) is 0 Å². The maximum atomic E-state index is 13.4. The van der Waals surface area contributed by atoms with Gasteiger partial charge in [0, 0.05) is 10.0 Å². The summed E-state index contributed by atoms with van der Waals surface area (Å²) >= 11 is 3.58. The van der Waals surface area contributed by atoms with Gasteiger partial charge in [-0.15, -0.1) is 5.10 Å². The molecule has 7 nitrogen and oxygen atoms in total. The van der Waals surface area contributed by atoms with E-state index in [0.717, 1.165) is 15.6 Å². The zero-order valence-corrected chi connectivity index (χ0v) is 19.6. The molecular weight excluding hydrogens is 508 g/mol. The second-order valence-electron chi connectivity index (χ2n) is 8.22. The number of ether oxygens (including phenoxy) is 1. The van der Waals surface area contributed by atoms with Crippen molar-refractivity contribution >= 4 is 32.5 Å². The molecule has 1 aliphatic rings. The average Bonchev–Trinajstić information content (AvgIpc) is 3.33. The van der Waals surface area contributed by atoms with E-state index in [1.807, 2.05) is 72.8 Å². The molecule has 1 atom stereocenters. The van der Waals surface area contributed by atoms with Gasteiger partial charge in [0.1, 0.15) is 11.9 Å². The first-order valence-electron chi connectivity index (χ1n) is 11.0. The molecule has 0 saturated carbocycles. The van der Waals surface area contributed by atoms with Crippen LogP contribution in [0, 0.1) is 0 Å². The molecule has 0 N–H and O–H groups in total. The van der Waals surface area contributed by atoms with Gasteiger partial charge in [0.05, 0.1) is 22.4 Å². The van der Waals surface area contributed by atoms with E-state index < -0.39 is 11.5 Å². The van der Waals surface area contributed by atoms with Crippen LogP contribution in [0.1, 0.15) is 22.6 Å². The predicted octanol–water partition coefficient (Wildman–Crippen LogP) is 5.95. The van der Waals surface area contributed by atoms with E-state index in [1.165, 1.54) is 0 Å². The molecule has 0 spiro atoms. The summed E-state index contributed by atoms with van der Waals surface area (Å²) in [6.07, 6.45) is 1.59. The normalized spacial score (nSPS) is 14.5. The number of halogens is 1. The van der Waals surface area contributed by atoms with Gasteiger partial charge >= 0.3 is 5.63 Å². The van der Waals surface area contributed by atoms with E-state index >= 15 is 0 Å². The molecule has 168 valence electrons. The molecule has 0 amide bonds. The van der Waals surface area contributed by atoms with Crippen LogP contribution in [0.4, 0.5) is 0 Å². The van der Waals surface area contributed by atoms with Crippen molar-refractivity contribution in [2.24, 2.45) is 0 Å². The number of para-hydroxylation sites is 1. The summed E-state index contributed by atoms with van der Waals surface area (Å²) < 4.78 is 14.5. The minimum Gasteiger partial charge on any atom is -0.437 e. The van der Waals surface area contributed by atoms with Crippen LogP contribution >= 0.6 is 15.9 Å². The van der Waals surface area contributed by atoms with E-state index in [9.17, 15) is 4.79 Å². The van der Waals surface area contributed by atoms with Crippen molar-refractivity contribution in [3.05, 3.63) is 117 Å². The Morgan fingerprint density at radius 2 is 1.66 bits per heavy atom. The van der Waals surface area contributed by atoms with Crippen molar-refractivity contribution in [2.45, 2.75) is 5.92 Å². The summed E-state index contributed by atoms with van der Waals surface area (Å²) in [7, 11) is 0. The highest BCUT2D eigenvalue weighted by Gasteiger charge is 2.37. The average molecular weight is 523 g/mol. The van der Waals surface area contributed by atoms with Gasteiger partial charge in [-0.25, -0.2) is 19.3 Å². The third kappa shape index (κ3) is 3.03. The summed E-state index contributed by atoms with van der Waals surface area (Å²) in [4.78, 5) is 22.8. The lowest BCUT2D eigenvalue weighted by atomic mass is 9.84. The van der Waals surface area contributed by atoms with Gasteiger partial charge in [-0.05, 0) is 29.8 Å². The van der Waals surface area contributed by atoms with Gasteiger partial charge < -0.3 is 9.15 Å². The lowest BCUT2D eigenvalue weighted by molar-refractivity contribution is 0.422. The van der Waals surface area contributed by atoms with Crippen LogP contribution in [0.15, 0.2) is 98.9 Å². The molecule has 0 saturated heterocycles. The number of benzene rings is 3. The number of nitrogens with zero attached hydrogens (tertiary/aromatic N) is 4. The van der Waals surface area contributed by atoms with E-state index in [4.69, 9.17) is 14.1 Å². The molecular formula is C27H15BrN4O3. The summed E-state index contributed by atoms with van der Waals surface area (Å²) in [6.45, 7) is 0. The van der Waals surface area contributed by atoms with Crippen LogP contribution in [-0.2, 0) is 0 Å². The summed E-state index contributed by atoms with van der Waals surface area (Å²) in [5.41, 5.74) is 3.41. The topological polar surface area (TPSA) is 82.5 Å². The van der Waals surface area contributed by atoms with Crippen molar-refractivity contribution in [3.63, 3.8) is 0 Å². The highest BCUT2D eigenvalue weighted by atomic mass is 79.9. The Kier molecular flexibility index (Phi) is 4.37. The zero-order chi connectivity index (χ0) is 23.5. The Morgan fingerprint density at radius 3 is 2.51 bits per heavy atom. The standard InChI is InChI=1S/C27H15BrN4O3/c28-18-12-6-4-10-16(18)24-30-25-22-20(15-8-2-1-3-9-15)21-23(35-26(22)29-14-32(25)31-24)17-11-5-7-13-19(17)34-27(21)33/h1-14,20H. The number of hydrogen-bond acceptors (Lipinski definition) is 6. The Labute approximate surface area is 206 Å². The van der Waals surface area contributed by atoms with E-state index in [-0.39, 0.29) is 0 Å². The Balaban J connectivity index is 1.56. The summed E-state index contributed by atoms with van der Waals surface area (Å²) in [5.74, 6) is 0.889. The van der Waals surface area contributed by atoms with Gasteiger partial charge in [0.25, 0.3) is 0 Å². The molecule has 4 heterocycles.